The van der Waals surface area contributed by atoms with Gasteiger partial charge in [-0.1, -0.05) is 6.07 Å². The lowest BCUT2D eigenvalue weighted by Crippen LogP contribution is -2.36. The lowest BCUT2D eigenvalue weighted by atomic mass is 10.2. The molecule has 1 heterocycles. The molecule has 0 amide bonds. The maximum Gasteiger partial charge on any atom is 0.125 e. The molecule has 1 aliphatic rings. The van der Waals surface area contributed by atoms with Crippen molar-refractivity contribution in [2.45, 2.75) is 0 Å². The van der Waals surface area contributed by atoms with Gasteiger partial charge in [-0.2, -0.15) is 0 Å². The van der Waals surface area contributed by atoms with Gasteiger partial charge >= 0.3 is 0 Å². The minimum Gasteiger partial charge on any atom is -0.378 e. The molecule has 14 heavy (non-hydrogen) atoms. The second-order valence-corrected chi connectivity index (χ2v) is 3.08. The van der Waals surface area contributed by atoms with Crippen LogP contribution in [0.5, 0.6) is 0 Å². The van der Waals surface area contributed by atoms with E-state index in [4.69, 9.17) is 4.74 Å². The van der Waals surface area contributed by atoms with E-state index in [2.05, 4.69) is 4.90 Å². The first-order valence-corrected chi connectivity index (χ1v) is 4.44. The molecule has 1 aromatic rings. The molecule has 0 N–H and O–H groups in total. The smallest absolute Gasteiger partial charge is 0.125 e. The van der Waals surface area contributed by atoms with Crippen LogP contribution < -0.4 is 4.90 Å². The Morgan fingerprint density at radius 3 is 2.57 bits per heavy atom. The van der Waals surface area contributed by atoms with Crippen molar-refractivity contribution in [3.8, 4) is 0 Å². The first-order valence-electron chi connectivity index (χ1n) is 4.44. The largest absolute Gasteiger partial charge is 0.378 e. The Morgan fingerprint density at radius 2 is 1.93 bits per heavy atom. The predicted molar refractivity (Wildman–Crippen MR) is 56.7 cm³/mol. The molecular weight excluding hydrogens is 205 g/mol. The predicted octanol–water partition coefficient (Wildman–Crippen LogP) is 2.08. The Kier molecular flexibility index (Phi) is 4.17. The molecule has 2 rings (SSSR count). The summed E-state index contributed by atoms with van der Waals surface area (Å²) in [7, 11) is 0. The van der Waals surface area contributed by atoms with Gasteiger partial charge in [-0.05, 0) is 18.2 Å². The summed E-state index contributed by atoms with van der Waals surface area (Å²) in [6.07, 6.45) is 0. The Hall–Kier alpha value is -0.800. The number of benzene rings is 1. The number of anilines is 1. The van der Waals surface area contributed by atoms with E-state index in [-0.39, 0.29) is 18.2 Å². The quantitative estimate of drug-likeness (QED) is 0.714. The van der Waals surface area contributed by atoms with Gasteiger partial charge in [0.05, 0.1) is 13.2 Å². The highest BCUT2D eigenvalue weighted by Crippen LogP contribution is 2.16. The molecule has 0 radical (unpaired) electrons. The first kappa shape index (κ1) is 11.3. The van der Waals surface area contributed by atoms with Crippen LogP contribution in [0.4, 0.5) is 10.1 Å². The van der Waals surface area contributed by atoms with E-state index in [1.165, 1.54) is 6.07 Å². The number of hydrogen-bond donors (Lipinski definition) is 0. The molecule has 0 saturated carbocycles. The molecule has 1 saturated heterocycles. The van der Waals surface area contributed by atoms with Gasteiger partial charge in [0.25, 0.3) is 0 Å². The fourth-order valence-corrected chi connectivity index (χ4v) is 1.49. The van der Waals surface area contributed by atoms with Gasteiger partial charge < -0.3 is 9.64 Å². The Bertz CT molecular complexity index is 289. The van der Waals surface area contributed by atoms with Crippen molar-refractivity contribution in [1.29, 1.82) is 0 Å². The number of nitrogens with zero attached hydrogens (tertiary/aromatic N) is 1. The van der Waals surface area contributed by atoms with Crippen molar-refractivity contribution in [1.82, 2.24) is 0 Å². The SMILES string of the molecule is Cl.Fc1cccc(N2CCOCC2)c1. The molecule has 1 aromatic carbocycles. The van der Waals surface area contributed by atoms with Gasteiger partial charge in [-0.25, -0.2) is 4.39 Å². The summed E-state index contributed by atoms with van der Waals surface area (Å²) >= 11 is 0. The van der Waals surface area contributed by atoms with Crippen molar-refractivity contribution in [3.63, 3.8) is 0 Å². The van der Waals surface area contributed by atoms with E-state index in [0.29, 0.717) is 0 Å². The molecule has 0 unspecified atom stereocenters. The molecule has 0 atom stereocenters. The van der Waals surface area contributed by atoms with Crippen LogP contribution in [0, 0.1) is 5.82 Å². The number of halogens is 2. The van der Waals surface area contributed by atoms with Gasteiger partial charge in [0, 0.05) is 18.8 Å². The summed E-state index contributed by atoms with van der Waals surface area (Å²) in [5.41, 5.74) is 0.948. The molecule has 2 nitrogen and oxygen atoms in total. The fraction of sp³-hybridized carbons (Fsp3) is 0.400. The fourth-order valence-electron chi connectivity index (χ4n) is 1.49. The van der Waals surface area contributed by atoms with Gasteiger partial charge in [0.1, 0.15) is 5.82 Å². The minimum absolute atomic E-state index is 0. The molecule has 1 aliphatic heterocycles. The standard InChI is InChI=1S/C10H12FNO.ClH/c11-9-2-1-3-10(8-9)12-4-6-13-7-5-12;/h1-3,8H,4-7H2;1H. The summed E-state index contributed by atoms with van der Waals surface area (Å²) in [6.45, 7) is 3.17. The molecule has 0 spiro atoms. The third kappa shape index (κ3) is 2.59. The van der Waals surface area contributed by atoms with Gasteiger partial charge in [-0.3, -0.25) is 0 Å². The van der Waals surface area contributed by atoms with Crippen molar-refractivity contribution in [3.05, 3.63) is 30.1 Å². The van der Waals surface area contributed by atoms with Crippen LogP contribution in [0.3, 0.4) is 0 Å². The molecular formula is C10H13ClFNO. The van der Waals surface area contributed by atoms with Gasteiger partial charge in [0.2, 0.25) is 0 Å². The number of ether oxygens (including phenoxy) is 1. The summed E-state index contributed by atoms with van der Waals surface area (Å²) < 4.78 is 18.1. The zero-order valence-electron chi connectivity index (χ0n) is 7.78. The zero-order chi connectivity index (χ0) is 9.10. The maximum absolute atomic E-state index is 12.9. The maximum atomic E-state index is 12.9. The lowest BCUT2D eigenvalue weighted by molar-refractivity contribution is 0.122. The monoisotopic (exact) mass is 217 g/mol. The van der Waals surface area contributed by atoms with E-state index in [1.54, 1.807) is 12.1 Å². The van der Waals surface area contributed by atoms with Crippen LogP contribution in [-0.4, -0.2) is 26.3 Å². The summed E-state index contributed by atoms with van der Waals surface area (Å²) in [6, 6.07) is 6.68. The van der Waals surface area contributed by atoms with E-state index in [0.717, 1.165) is 32.0 Å². The van der Waals surface area contributed by atoms with Crippen molar-refractivity contribution in [2.75, 3.05) is 31.2 Å². The van der Waals surface area contributed by atoms with Gasteiger partial charge in [-0.15, -0.1) is 12.4 Å². The second kappa shape index (κ2) is 5.17. The molecule has 0 aliphatic carbocycles. The van der Waals surface area contributed by atoms with E-state index < -0.39 is 0 Å². The molecule has 1 fully saturated rings. The molecule has 0 bridgehead atoms. The zero-order valence-corrected chi connectivity index (χ0v) is 8.60. The highest BCUT2D eigenvalue weighted by atomic mass is 35.5. The first-order chi connectivity index (χ1) is 6.36. The summed E-state index contributed by atoms with van der Waals surface area (Å²) in [5.74, 6) is -0.177. The third-order valence-electron chi connectivity index (χ3n) is 2.18. The molecule has 0 aromatic heterocycles. The minimum atomic E-state index is -0.177. The Labute approximate surface area is 89.1 Å². The van der Waals surface area contributed by atoms with Crippen LogP contribution in [0.15, 0.2) is 24.3 Å². The highest BCUT2D eigenvalue weighted by molar-refractivity contribution is 5.85. The van der Waals surface area contributed by atoms with Crippen molar-refractivity contribution in [2.24, 2.45) is 0 Å². The van der Waals surface area contributed by atoms with Gasteiger partial charge in [0.15, 0.2) is 0 Å². The third-order valence-corrected chi connectivity index (χ3v) is 2.18. The summed E-state index contributed by atoms with van der Waals surface area (Å²) in [5, 5.41) is 0. The molecule has 78 valence electrons. The number of morpholine rings is 1. The van der Waals surface area contributed by atoms with E-state index in [9.17, 15) is 4.39 Å². The van der Waals surface area contributed by atoms with Crippen molar-refractivity contribution < 1.29 is 9.13 Å². The van der Waals surface area contributed by atoms with Crippen LogP contribution in [0.25, 0.3) is 0 Å². The van der Waals surface area contributed by atoms with Crippen LogP contribution in [0.1, 0.15) is 0 Å². The second-order valence-electron chi connectivity index (χ2n) is 3.08. The van der Waals surface area contributed by atoms with Crippen LogP contribution >= 0.6 is 12.4 Å². The summed E-state index contributed by atoms with van der Waals surface area (Å²) in [4.78, 5) is 2.13. The van der Waals surface area contributed by atoms with Crippen molar-refractivity contribution >= 4 is 18.1 Å². The average Bonchev–Trinajstić information content (AvgIpc) is 2.19. The Balaban J connectivity index is 0.000000980. The topological polar surface area (TPSA) is 12.5 Å². The Morgan fingerprint density at radius 1 is 1.21 bits per heavy atom. The van der Waals surface area contributed by atoms with E-state index >= 15 is 0 Å². The normalized spacial score (nSPS) is 16.2. The van der Waals surface area contributed by atoms with Crippen LogP contribution in [0.2, 0.25) is 0 Å². The number of rotatable bonds is 1. The molecule has 4 heteroatoms. The number of hydrogen-bond acceptors (Lipinski definition) is 2. The van der Waals surface area contributed by atoms with E-state index in [1.807, 2.05) is 6.07 Å². The lowest BCUT2D eigenvalue weighted by Gasteiger charge is -2.28. The average molecular weight is 218 g/mol. The van der Waals surface area contributed by atoms with Crippen LogP contribution in [-0.2, 0) is 4.74 Å². The highest BCUT2D eigenvalue weighted by Gasteiger charge is 2.10.